The minimum Gasteiger partial charge on any atom is -0.479 e. The molecule has 1 aromatic carbocycles. The van der Waals surface area contributed by atoms with Gasteiger partial charge in [0.1, 0.15) is 12.8 Å². The molecule has 3 N–H and O–H groups in total. The molecule has 11 heteroatoms. The van der Waals surface area contributed by atoms with E-state index in [0.29, 0.717) is 12.5 Å². The Bertz CT molecular complexity index is 1260. The number of hydrogen-bond acceptors (Lipinski definition) is 6. The van der Waals surface area contributed by atoms with Crippen molar-refractivity contribution in [3.05, 3.63) is 53.1 Å². The van der Waals surface area contributed by atoms with E-state index in [-0.39, 0.29) is 24.2 Å². The summed E-state index contributed by atoms with van der Waals surface area (Å²) in [7, 11) is -1.21. The average molecular weight is 584 g/mol. The Labute approximate surface area is 242 Å². The van der Waals surface area contributed by atoms with Gasteiger partial charge in [-0.25, -0.2) is 14.2 Å². The van der Waals surface area contributed by atoms with Crippen LogP contribution in [0.25, 0.3) is 5.57 Å². The molecule has 1 aromatic heterocycles. The highest BCUT2D eigenvalue weighted by atomic mass is 28.3. The number of amides is 1. The lowest BCUT2D eigenvalue weighted by atomic mass is 9.86. The van der Waals surface area contributed by atoms with Crippen LogP contribution < -0.4 is 10.6 Å². The van der Waals surface area contributed by atoms with Gasteiger partial charge in [0.15, 0.2) is 12.4 Å². The van der Waals surface area contributed by atoms with Crippen LogP contribution in [0.15, 0.2) is 30.5 Å². The van der Waals surface area contributed by atoms with E-state index in [1.165, 1.54) is 24.0 Å². The highest BCUT2D eigenvalue weighted by molar-refractivity contribution is 6.76. The van der Waals surface area contributed by atoms with E-state index in [0.717, 1.165) is 56.1 Å². The molecule has 2 aliphatic rings. The van der Waals surface area contributed by atoms with Crippen molar-refractivity contribution < 1.29 is 23.8 Å². The average Bonchev–Trinajstić information content (AvgIpc) is 3.40. The summed E-state index contributed by atoms with van der Waals surface area (Å²) >= 11 is 0. The second-order valence-corrected chi connectivity index (χ2v) is 17.3. The van der Waals surface area contributed by atoms with Crippen molar-refractivity contribution in [3.8, 4) is 6.07 Å². The highest BCUT2D eigenvalue weighted by Crippen LogP contribution is 2.36. The summed E-state index contributed by atoms with van der Waals surface area (Å²) < 4.78 is 18.0. The number of nitrogens with zero attached hydrogens (tertiary/aromatic N) is 3. The lowest BCUT2D eigenvalue weighted by Gasteiger charge is -2.25. The smallest absolute Gasteiger partial charge is 0.335 e. The minimum atomic E-state index is -1.41. The van der Waals surface area contributed by atoms with Gasteiger partial charge >= 0.3 is 5.97 Å². The number of anilines is 1. The predicted octanol–water partition coefficient (Wildman–Crippen LogP) is 5.78. The van der Waals surface area contributed by atoms with E-state index in [4.69, 9.17) is 14.6 Å². The molecule has 4 rings (SSSR count). The Morgan fingerprint density at radius 3 is 2.61 bits per heavy atom. The highest BCUT2D eigenvalue weighted by Gasteiger charge is 2.22. The molecule has 9 nitrogen and oxygen atoms in total. The molecule has 1 saturated heterocycles. The predicted molar refractivity (Wildman–Crippen MR) is 160 cm³/mol. The van der Waals surface area contributed by atoms with Gasteiger partial charge in [0.05, 0.1) is 0 Å². The number of rotatable bonds is 10. The molecule has 0 unspecified atom stereocenters. The van der Waals surface area contributed by atoms with E-state index >= 15 is 0 Å². The lowest BCUT2D eigenvalue weighted by Crippen LogP contribution is -2.26. The molecular formula is C30H42FN5O4Si. The normalized spacial score (nSPS) is 15.7. The molecule has 41 heavy (non-hydrogen) atoms. The maximum absolute atomic E-state index is 13.4. The van der Waals surface area contributed by atoms with Crippen molar-refractivity contribution in [1.82, 2.24) is 14.9 Å². The van der Waals surface area contributed by atoms with Gasteiger partial charge in [-0.3, -0.25) is 4.79 Å². The second kappa shape index (κ2) is 15.6. The van der Waals surface area contributed by atoms with Crippen LogP contribution in [0.3, 0.4) is 0 Å². The van der Waals surface area contributed by atoms with E-state index < -0.39 is 20.7 Å². The van der Waals surface area contributed by atoms with Gasteiger partial charge in [-0.1, -0.05) is 31.8 Å². The topological polar surface area (TPSA) is 129 Å². The summed E-state index contributed by atoms with van der Waals surface area (Å²) in [6.45, 7) is 8.56. The van der Waals surface area contributed by atoms with Crippen LogP contribution in [0.4, 0.5) is 10.1 Å². The number of alkyl halides is 1. The van der Waals surface area contributed by atoms with Crippen molar-refractivity contribution in [2.24, 2.45) is 0 Å². The number of carboxylic acids is 1. The lowest BCUT2D eigenvalue weighted by molar-refractivity contribution is -0.137. The fourth-order valence-electron chi connectivity index (χ4n) is 4.90. The third-order valence-corrected chi connectivity index (χ3v) is 8.88. The zero-order valence-corrected chi connectivity index (χ0v) is 25.3. The van der Waals surface area contributed by atoms with Crippen molar-refractivity contribution >= 4 is 31.2 Å². The molecule has 0 bridgehead atoms. The van der Waals surface area contributed by atoms with Gasteiger partial charge < -0.3 is 25.0 Å². The molecule has 0 saturated carbocycles. The van der Waals surface area contributed by atoms with Gasteiger partial charge in [-0.2, -0.15) is 5.26 Å². The third-order valence-electron chi connectivity index (χ3n) is 7.17. The summed E-state index contributed by atoms with van der Waals surface area (Å²) in [5, 5.41) is 23.3. The number of piperidine rings is 1. The standard InChI is InChI=1S/C28H39N5O2Si.C2H3FO2/c1-36(2,3)16-15-35-20-33-19-24(18-29)31-27(33)28(34)32-26-10-9-23(21-11-13-30-14-12-21)17-25(26)22-7-5-4-6-8-22;3-1-2(4)5/h7,9-10,17,19,21,30H,4-6,8,11-16,20H2,1-3H3,(H,32,34);1H2,(H,4,5). The maximum atomic E-state index is 13.4. The number of benzene rings is 1. The Hall–Kier alpha value is -3.33. The Balaban J connectivity index is 0.000000850. The zero-order valence-electron chi connectivity index (χ0n) is 24.3. The SMILES string of the molecule is C[Si](C)(C)CCOCn1cc(C#N)nc1C(=O)Nc1ccc(C2CCNCC2)cc1C1=CCCCC1.O=C(O)CF. The van der Waals surface area contributed by atoms with Crippen LogP contribution in [-0.4, -0.2) is 61.0 Å². The van der Waals surface area contributed by atoms with Crippen LogP contribution in [0, 0.1) is 11.3 Å². The minimum absolute atomic E-state index is 0.200. The van der Waals surface area contributed by atoms with Gasteiger partial charge in [-0.05, 0) is 86.8 Å². The maximum Gasteiger partial charge on any atom is 0.335 e. The molecule has 1 amide bonds. The molecule has 222 valence electrons. The summed E-state index contributed by atoms with van der Waals surface area (Å²) in [5.41, 5.74) is 4.79. The molecule has 0 spiro atoms. The Kier molecular flexibility index (Phi) is 12.3. The first-order chi connectivity index (χ1) is 19.6. The molecule has 2 aromatic rings. The Morgan fingerprint density at radius 1 is 1.27 bits per heavy atom. The second-order valence-electron chi connectivity index (χ2n) is 11.7. The fraction of sp³-hybridized carbons (Fsp3) is 0.533. The largest absolute Gasteiger partial charge is 0.479 e. The van der Waals surface area contributed by atoms with Gasteiger partial charge in [0, 0.05) is 32.1 Å². The molecule has 1 aliphatic carbocycles. The first kappa shape index (κ1) is 32.2. The number of allylic oxidation sites excluding steroid dienone is 2. The Morgan fingerprint density at radius 2 is 2.00 bits per heavy atom. The first-order valence-corrected chi connectivity index (χ1v) is 18.0. The van der Waals surface area contributed by atoms with Crippen LogP contribution in [0.5, 0.6) is 0 Å². The molecular weight excluding hydrogens is 541 g/mol. The van der Waals surface area contributed by atoms with Gasteiger partial charge in [0.2, 0.25) is 5.82 Å². The van der Waals surface area contributed by atoms with Crippen LogP contribution in [0.1, 0.15) is 71.9 Å². The van der Waals surface area contributed by atoms with Crippen molar-refractivity contribution in [3.63, 3.8) is 0 Å². The van der Waals surface area contributed by atoms with Crippen LogP contribution in [0.2, 0.25) is 25.7 Å². The molecule has 0 atom stereocenters. The number of carboxylic acid groups (broad SMARTS) is 1. The molecule has 0 radical (unpaired) electrons. The van der Waals surface area contributed by atoms with Gasteiger partial charge in [0.25, 0.3) is 5.91 Å². The van der Waals surface area contributed by atoms with E-state index in [9.17, 15) is 14.4 Å². The fourth-order valence-corrected chi connectivity index (χ4v) is 5.65. The summed E-state index contributed by atoms with van der Waals surface area (Å²) in [4.78, 5) is 26.7. The van der Waals surface area contributed by atoms with E-state index in [1.807, 2.05) is 6.07 Å². The third kappa shape index (κ3) is 10.2. The zero-order chi connectivity index (χ0) is 29.8. The number of carbonyl (C=O) groups is 2. The number of nitriles is 1. The van der Waals surface area contributed by atoms with Crippen molar-refractivity contribution in [2.75, 3.05) is 31.7 Å². The van der Waals surface area contributed by atoms with Gasteiger partial charge in [-0.15, -0.1) is 0 Å². The summed E-state index contributed by atoms with van der Waals surface area (Å²) in [6.07, 6.45) is 10.7. The number of imidazole rings is 1. The molecule has 2 heterocycles. The number of aliphatic carboxylic acids is 1. The van der Waals surface area contributed by atoms with Crippen molar-refractivity contribution in [1.29, 1.82) is 5.26 Å². The number of aromatic nitrogens is 2. The number of nitrogens with one attached hydrogen (secondary N) is 2. The number of halogens is 1. The van der Waals surface area contributed by atoms with E-state index in [1.54, 1.807) is 10.8 Å². The molecule has 1 fully saturated rings. The van der Waals surface area contributed by atoms with Crippen molar-refractivity contribution in [2.45, 2.75) is 76.9 Å². The number of hydrogen-bond donors (Lipinski definition) is 3. The molecule has 1 aliphatic heterocycles. The first-order valence-electron chi connectivity index (χ1n) is 14.3. The van der Waals surface area contributed by atoms with E-state index in [2.05, 4.69) is 59.5 Å². The summed E-state index contributed by atoms with van der Waals surface area (Å²) in [6, 6.07) is 9.58. The van der Waals surface area contributed by atoms with Crippen LogP contribution in [-0.2, 0) is 16.3 Å². The quantitative estimate of drug-likeness (QED) is 0.239. The number of carbonyl (C=O) groups excluding carboxylic acids is 1. The number of ether oxygens (including phenoxy) is 1. The van der Waals surface area contributed by atoms with Crippen LogP contribution >= 0.6 is 0 Å². The summed E-state index contributed by atoms with van der Waals surface area (Å²) in [5.74, 6) is -0.988. The monoisotopic (exact) mass is 583 g/mol.